The number of benzene rings is 3. The fourth-order valence-electron chi connectivity index (χ4n) is 3.01. The van der Waals surface area contributed by atoms with E-state index in [1.54, 1.807) is 48.5 Å². The fourth-order valence-corrected chi connectivity index (χ4v) is 4.24. The van der Waals surface area contributed by atoms with E-state index in [1.807, 2.05) is 0 Å². The van der Waals surface area contributed by atoms with Crippen LogP contribution in [0.2, 0.25) is 0 Å². The van der Waals surface area contributed by atoms with Crippen LogP contribution in [0.4, 0.5) is 11.4 Å². The van der Waals surface area contributed by atoms with Gasteiger partial charge in [0.25, 0.3) is 15.7 Å². The predicted molar refractivity (Wildman–Crippen MR) is 111 cm³/mol. The summed E-state index contributed by atoms with van der Waals surface area (Å²) in [5, 5.41) is 20.3. The summed E-state index contributed by atoms with van der Waals surface area (Å²) in [6.45, 7) is 0. The summed E-state index contributed by atoms with van der Waals surface area (Å²) in [5.74, 6) is -0.981. The molecule has 0 radical (unpaired) electrons. The third-order valence-electron chi connectivity index (χ3n) is 4.49. The molecule has 0 aromatic heterocycles. The van der Waals surface area contributed by atoms with E-state index in [1.165, 1.54) is 18.2 Å². The second kappa shape index (κ2) is 8.75. The van der Waals surface area contributed by atoms with Gasteiger partial charge in [0.1, 0.15) is 0 Å². The third kappa shape index (κ3) is 4.81. The summed E-state index contributed by atoms with van der Waals surface area (Å²) < 4.78 is 27.5. The highest BCUT2D eigenvalue weighted by Crippen LogP contribution is 2.25. The quantitative estimate of drug-likeness (QED) is 0.416. The summed E-state index contributed by atoms with van der Waals surface area (Å²) >= 11 is 0. The van der Waals surface area contributed by atoms with Gasteiger partial charge >= 0.3 is 5.97 Å². The van der Waals surface area contributed by atoms with Crippen molar-refractivity contribution in [3.8, 4) is 0 Å². The zero-order valence-corrected chi connectivity index (χ0v) is 16.5. The normalized spacial score (nSPS) is 11.1. The topological polar surface area (TPSA) is 127 Å². The first-order chi connectivity index (χ1) is 14.3. The van der Waals surface area contributed by atoms with E-state index < -0.39 is 31.5 Å². The van der Waals surface area contributed by atoms with Crippen LogP contribution in [-0.4, -0.2) is 24.4 Å². The Labute approximate surface area is 173 Å². The van der Waals surface area contributed by atoms with Crippen molar-refractivity contribution in [3.05, 3.63) is 99.6 Å². The standard InChI is InChI=1S/C21H18N2O6S/c24-21(25)18-6-2-1-5-16(18)12-9-15-10-13-17(14-11-15)22-30(28,29)20-8-4-3-7-19(20)23(26)27/h1-8,10-11,13-14,22H,9,12H2,(H,24,25). The number of nitro benzene ring substituents is 1. The molecule has 0 unspecified atom stereocenters. The van der Waals surface area contributed by atoms with Crippen LogP contribution in [0.25, 0.3) is 0 Å². The van der Waals surface area contributed by atoms with Gasteiger partial charge in [-0.3, -0.25) is 14.8 Å². The molecular formula is C21H18N2O6S. The third-order valence-corrected chi connectivity index (χ3v) is 5.92. The second-order valence-corrected chi connectivity index (χ2v) is 8.14. The fraction of sp³-hybridized carbons (Fsp3) is 0.0952. The van der Waals surface area contributed by atoms with Crippen LogP contribution in [0.5, 0.6) is 0 Å². The maximum atomic E-state index is 12.6. The molecule has 154 valence electrons. The molecule has 0 spiro atoms. The van der Waals surface area contributed by atoms with Crippen molar-refractivity contribution in [2.45, 2.75) is 17.7 Å². The SMILES string of the molecule is O=C(O)c1ccccc1CCc1ccc(NS(=O)(=O)c2ccccc2[N+](=O)[O-])cc1. The number of nitrogens with zero attached hydrogens (tertiary/aromatic N) is 1. The zero-order chi connectivity index (χ0) is 21.7. The number of rotatable bonds is 8. The van der Waals surface area contributed by atoms with Crippen molar-refractivity contribution >= 4 is 27.4 Å². The maximum Gasteiger partial charge on any atom is 0.335 e. The molecule has 0 aliphatic heterocycles. The van der Waals surface area contributed by atoms with Crippen LogP contribution in [-0.2, 0) is 22.9 Å². The van der Waals surface area contributed by atoms with Gasteiger partial charge in [-0.15, -0.1) is 0 Å². The van der Waals surface area contributed by atoms with Crippen molar-refractivity contribution in [2.75, 3.05) is 4.72 Å². The lowest BCUT2D eigenvalue weighted by molar-refractivity contribution is -0.387. The van der Waals surface area contributed by atoms with Gasteiger partial charge in [-0.1, -0.05) is 42.5 Å². The molecule has 0 heterocycles. The molecule has 0 saturated heterocycles. The van der Waals surface area contributed by atoms with Crippen LogP contribution in [0.1, 0.15) is 21.5 Å². The summed E-state index contributed by atoms with van der Waals surface area (Å²) in [7, 11) is -4.13. The first kappa shape index (κ1) is 21.0. The monoisotopic (exact) mass is 426 g/mol. The lowest BCUT2D eigenvalue weighted by Crippen LogP contribution is -2.14. The van der Waals surface area contributed by atoms with Crippen molar-refractivity contribution in [3.63, 3.8) is 0 Å². The number of aryl methyl sites for hydroxylation is 2. The zero-order valence-electron chi connectivity index (χ0n) is 15.7. The number of nitro groups is 1. The van der Waals surface area contributed by atoms with Gasteiger partial charge in [0.05, 0.1) is 10.5 Å². The molecule has 30 heavy (non-hydrogen) atoms. The highest BCUT2D eigenvalue weighted by Gasteiger charge is 2.25. The number of sulfonamides is 1. The number of carbonyl (C=O) groups is 1. The molecular weight excluding hydrogens is 408 g/mol. The minimum absolute atomic E-state index is 0.256. The Kier molecular flexibility index (Phi) is 6.12. The van der Waals surface area contributed by atoms with E-state index in [2.05, 4.69) is 4.72 Å². The van der Waals surface area contributed by atoms with Crippen LogP contribution in [0, 0.1) is 10.1 Å². The summed E-state index contributed by atoms with van der Waals surface area (Å²) in [6, 6.07) is 18.5. The largest absolute Gasteiger partial charge is 0.478 e. The van der Waals surface area contributed by atoms with Gasteiger partial charge in [0.15, 0.2) is 4.90 Å². The first-order valence-electron chi connectivity index (χ1n) is 8.94. The highest BCUT2D eigenvalue weighted by molar-refractivity contribution is 7.92. The highest BCUT2D eigenvalue weighted by atomic mass is 32.2. The minimum atomic E-state index is -4.13. The molecule has 0 aliphatic carbocycles. The summed E-state index contributed by atoms with van der Waals surface area (Å²) in [6.07, 6.45) is 1.09. The first-order valence-corrected chi connectivity index (χ1v) is 10.4. The number of aromatic carboxylic acids is 1. The van der Waals surface area contributed by atoms with Crippen molar-refractivity contribution in [2.24, 2.45) is 0 Å². The van der Waals surface area contributed by atoms with Crippen molar-refractivity contribution in [1.82, 2.24) is 0 Å². The molecule has 3 rings (SSSR count). The second-order valence-electron chi connectivity index (χ2n) is 6.49. The van der Waals surface area contributed by atoms with Gasteiger partial charge in [0, 0.05) is 11.8 Å². The molecule has 0 saturated carbocycles. The number of anilines is 1. The van der Waals surface area contributed by atoms with Crippen LogP contribution >= 0.6 is 0 Å². The average molecular weight is 426 g/mol. The van der Waals surface area contributed by atoms with Gasteiger partial charge < -0.3 is 5.11 Å². The molecule has 9 heteroatoms. The van der Waals surface area contributed by atoms with E-state index in [0.717, 1.165) is 11.6 Å². The number of para-hydroxylation sites is 1. The number of hydrogen-bond donors (Lipinski definition) is 2. The Morgan fingerprint density at radius 1 is 0.933 bits per heavy atom. The molecule has 2 N–H and O–H groups in total. The maximum absolute atomic E-state index is 12.6. The van der Waals surface area contributed by atoms with Crippen LogP contribution < -0.4 is 4.72 Å². The number of nitrogens with one attached hydrogen (secondary N) is 1. The van der Waals surface area contributed by atoms with Crippen molar-refractivity contribution < 1.29 is 23.2 Å². The molecule has 0 fully saturated rings. The molecule has 0 aliphatic rings. The summed E-state index contributed by atoms with van der Waals surface area (Å²) in [4.78, 5) is 21.2. The Balaban J connectivity index is 1.72. The Hall–Kier alpha value is -3.72. The molecule has 0 atom stereocenters. The Morgan fingerprint density at radius 3 is 2.23 bits per heavy atom. The molecule has 0 bridgehead atoms. The van der Waals surface area contributed by atoms with E-state index >= 15 is 0 Å². The number of carboxylic acid groups (broad SMARTS) is 1. The van der Waals surface area contributed by atoms with Crippen LogP contribution in [0.15, 0.2) is 77.7 Å². The Morgan fingerprint density at radius 2 is 1.57 bits per heavy atom. The minimum Gasteiger partial charge on any atom is -0.478 e. The van der Waals surface area contributed by atoms with Gasteiger partial charge in [-0.25, -0.2) is 13.2 Å². The van der Waals surface area contributed by atoms with Crippen LogP contribution in [0.3, 0.4) is 0 Å². The lowest BCUT2D eigenvalue weighted by Gasteiger charge is -2.10. The Bertz CT molecular complexity index is 1190. The lowest BCUT2D eigenvalue weighted by atomic mass is 10.00. The molecule has 3 aromatic rings. The number of carboxylic acids is 1. The van der Waals surface area contributed by atoms with Gasteiger partial charge in [-0.2, -0.15) is 0 Å². The molecule has 0 amide bonds. The van der Waals surface area contributed by atoms with Crippen molar-refractivity contribution in [1.29, 1.82) is 0 Å². The van der Waals surface area contributed by atoms with Gasteiger partial charge in [-0.05, 0) is 48.2 Å². The van der Waals surface area contributed by atoms with E-state index in [9.17, 15) is 28.4 Å². The summed E-state index contributed by atoms with van der Waals surface area (Å²) in [5.41, 5.74) is 1.63. The molecule has 3 aromatic carbocycles. The van der Waals surface area contributed by atoms with Gasteiger partial charge in [0.2, 0.25) is 0 Å². The smallest absolute Gasteiger partial charge is 0.335 e. The molecule has 8 nitrogen and oxygen atoms in total. The average Bonchev–Trinajstić information content (AvgIpc) is 2.73. The predicted octanol–water partition coefficient (Wildman–Crippen LogP) is 3.88. The van der Waals surface area contributed by atoms with E-state index in [-0.39, 0.29) is 11.3 Å². The van der Waals surface area contributed by atoms with E-state index in [4.69, 9.17) is 0 Å². The van der Waals surface area contributed by atoms with E-state index in [0.29, 0.717) is 18.4 Å². The number of hydrogen-bond acceptors (Lipinski definition) is 5.